The number of urea groups is 1. The predicted octanol–water partition coefficient (Wildman–Crippen LogP) is 1.98. The summed E-state index contributed by atoms with van der Waals surface area (Å²) < 4.78 is 27.4. The van der Waals surface area contributed by atoms with E-state index in [0.717, 1.165) is 17.0 Å². The van der Waals surface area contributed by atoms with E-state index in [-0.39, 0.29) is 17.9 Å². The van der Waals surface area contributed by atoms with Crippen LogP contribution < -0.4 is 5.73 Å². The van der Waals surface area contributed by atoms with E-state index in [0.29, 0.717) is 0 Å². The minimum absolute atomic E-state index is 0.113. The number of aliphatic imine (C=N–C) groups is 1. The Morgan fingerprint density at radius 1 is 1.44 bits per heavy atom. The van der Waals surface area contributed by atoms with E-state index in [1.54, 1.807) is 0 Å². The second-order valence-corrected chi connectivity index (χ2v) is 3.80. The van der Waals surface area contributed by atoms with Crippen molar-refractivity contribution in [3.63, 3.8) is 0 Å². The van der Waals surface area contributed by atoms with Gasteiger partial charge in [-0.3, -0.25) is 0 Å². The molecule has 1 heterocycles. The minimum atomic E-state index is -1.02. The lowest BCUT2D eigenvalue weighted by Gasteiger charge is -2.23. The Kier molecular flexibility index (Phi) is 3.10. The van der Waals surface area contributed by atoms with E-state index in [9.17, 15) is 13.6 Å². The highest BCUT2D eigenvalue weighted by Gasteiger charge is 2.37. The molecule has 1 aromatic rings. The van der Waals surface area contributed by atoms with Gasteiger partial charge in [-0.05, 0) is 12.1 Å². The fourth-order valence-electron chi connectivity index (χ4n) is 1.90. The molecule has 18 heavy (non-hydrogen) atoms. The Balaban J connectivity index is 2.51. The molecular weight excluding hydrogens is 240 g/mol. The topological polar surface area (TPSA) is 58.7 Å². The zero-order chi connectivity index (χ0) is 13.3. The minimum Gasteiger partial charge on any atom is -0.385 e. The molecule has 0 saturated heterocycles. The second-order valence-electron chi connectivity index (χ2n) is 3.80. The normalized spacial score (nSPS) is 19.0. The molecule has 2 amide bonds. The lowest BCUT2D eigenvalue weighted by Crippen LogP contribution is -2.34. The first-order valence-electron chi connectivity index (χ1n) is 5.25. The van der Waals surface area contributed by atoms with Crippen LogP contribution in [0.1, 0.15) is 11.6 Å². The van der Waals surface area contributed by atoms with Gasteiger partial charge in [-0.25, -0.2) is 13.6 Å². The second kappa shape index (κ2) is 4.56. The maximum Gasteiger partial charge on any atom is 0.346 e. The highest BCUT2D eigenvalue weighted by Crippen LogP contribution is 2.30. The highest BCUT2D eigenvalue weighted by atomic mass is 19.1. The maximum atomic E-state index is 13.7. The summed E-state index contributed by atoms with van der Waals surface area (Å²) in [6, 6.07) is 1.83. The molecule has 0 saturated carbocycles. The van der Waals surface area contributed by atoms with E-state index >= 15 is 0 Å². The van der Waals surface area contributed by atoms with Crippen LogP contribution in [0.15, 0.2) is 35.8 Å². The van der Waals surface area contributed by atoms with Crippen molar-refractivity contribution in [1.29, 1.82) is 0 Å². The van der Waals surface area contributed by atoms with Crippen LogP contribution in [0.25, 0.3) is 0 Å². The van der Waals surface area contributed by atoms with Gasteiger partial charge in [-0.2, -0.15) is 4.99 Å². The number of amides is 2. The smallest absolute Gasteiger partial charge is 0.346 e. The molecule has 1 aromatic carbocycles. The Hall–Kier alpha value is -2.24. The number of rotatable bonds is 3. The average molecular weight is 251 g/mol. The van der Waals surface area contributed by atoms with Crippen LogP contribution >= 0.6 is 0 Å². The summed E-state index contributed by atoms with van der Waals surface area (Å²) >= 11 is 0. The summed E-state index contributed by atoms with van der Waals surface area (Å²) in [4.78, 5) is 16.2. The van der Waals surface area contributed by atoms with E-state index in [1.807, 2.05) is 0 Å². The van der Waals surface area contributed by atoms with Crippen LogP contribution in [0.4, 0.5) is 13.6 Å². The van der Waals surface area contributed by atoms with Crippen molar-refractivity contribution in [3.05, 3.63) is 48.1 Å². The summed E-state index contributed by atoms with van der Waals surface area (Å²) in [6.45, 7) is 3.60. The number of halogens is 2. The van der Waals surface area contributed by atoms with Gasteiger partial charge in [0, 0.05) is 6.54 Å². The number of hydrogen-bond donors (Lipinski definition) is 1. The molecule has 2 rings (SSSR count). The van der Waals surface area contributed by atoms with Gasteiger partial charge in [0.05, 0.1) is 5.56 Å². The number of nitrogens with two attached hydrogens (primary N) is 1. The summed E-state index contributed by atoms with van der Waals surface area (Å²) in [7, 11) is 0. The van der Waals surface area contributed by atoms with E-state index < -0.39 is 23.7 Å². The van der Waals surface area contributed by atoms with Crippen LogP contribution in [0.2, 0.25) is 0 Å². The fraction of sp³-hybridized carbons (Fsp3) is 0.167. The van der Waals surface area contributed by atoms with Gasteiger partial charge < -0.3 is 10.6 Å². The molecule has 0 spiro atoms. The predicted molar refractivity (Wildman–Crippen MR) is 63.0 cm³/mol. The standard InChI is InChI=1S/C12H11F2N3O/c1-2-6-17-10(11(15)16-12(17)18)9-7(13)4-3-5-8(9)14/h2-5,10H,1,6H2,(H2,15,16,18). The molecule has 6 heteroatoms. The molecule has 0 radical (unpaired) electrons. The third kappa shape index (κ3) is 1.85. The number of carbonyl (C=O) groups excluding carboxylic acids is 1. The number of hydrogen-bond acceptors (Lipinski definition) is 2. The number of benzene rings is 1. The van der Waals surface area contributed by atoms with Gasteiger partial charge in [-0.1, -0.05) is 12.1 Å². The zero-order valence-corrected chi connectivity index (χ0v) is 9.44. The first kappa shape index (κ1) is 12.2. The molecule has 1 aliphatic rings. The Labute approximate surface area is 102 Å². The lowest BCUT2D eigenvalue weighted by molar-refractivity contribution is 0.211. The van der Waals surface area contributed by atoms with Crippen molar-refractivity contribution in [2.75, 3.05) is 6.54 Å². The number of nitrogens with zero attached hydrogens (tertiary/aromatic N) is 2. The van der Waals surface area contributed by atoms with Crippen LogP contribution in [-0.2, 0) is 0 Å². The van der Waals surface area contributed by atoms with Crippen molar-refractivity contribution in [2.24, 2.45) is 10.7 Å². The van der Waals surface area contributed by atoms with E-state index in [2.05, 4.69) is 11.6 Å². The first-order valence-corrected chi connectivity index (χ1v) is 5.25. The molecule has 0 bridgehead atoms. The van der Waals surface area contributed by atoms with Crippen molar-refractivity contribution in [2.45, 2.75) is 6.04 Å². The van der Waals surface area contributed by atoms with Crippen LogP contribution in [0.5, 0.6) is 0 Å². The van der Waals surface area contributed by atoms with Crippen LogP contribution in [0, 0.1) is 11.6 Å². The van der Waals surface area contributed by atoms with Crippen LogP contribution in [0.3, 0.4) is 0 Å². The van der Waals surface area contributed by atoms with Gasteiger partial charge >= 0.3 is 6.03 Å². The van der Waals surface area contributed by atoms with Gasteiger partial charge in [0.2, 0.25) is 0 Å². The van der Waals surface area contributed by atoms with Gasteiger partial charge in [0.1, 0.15) is 23.5 Å². The summed E-state index contributed by atoms with van der Waals surface area (Å²) in [5, 5.41) is 0. The Morgan fingerprint density at radius 2 is 2.06 bits per heavy atom. The fourth-order valence-corrected chi connectivity index (χ4v) is 1.90. The van der Waals surface area contributed by atoms with Gasteiger partial charge in [0.15, 0.2) is 0 Å². The molecule has 4 nitrogen and oxygen atoms in total. The molecule has 94 valence electrons. The highest BCUT2D eigenvalue weighted by molar-refractivity contribution is 6.03. The summed E-state index contributed by atoms with van der Waals surface area (Å²) in [6.07, 6.45) is 1.44. The Morgan fingerprint density at radius 3 is 2.61 bits per heavy atom. The lowest BCUT2D eigenvalue weighted by atomic mass is 10.0. The third-order valence-corrected chi connectivity index (χ3v) is 2.66. The molecule has 1 aliphatic heterocycles. The first-order chi connectivity index (χ1) is 8.56. The third-order valence-electron chi connectivity index (χ3n) is 2.66. The molecule has 2 N–H and O–H groups in total. The van der Waals surface area contributed by atoms with Crippen molar-refractivity contribution in [1.82, 2.24) is 4.90 Å². The number of carbonyl (C=O) groups is 1. The van der Waals surface area contributed by atoms with Crippen LogP contribution in [-0.4, -0.2) is 23.3 Å². The molecule has 1 atom stereocenters. The summed E-state index contributed by atoms with van der Waals surface area (Å²) in [5.41, 5.74) is 5.31. The van der Waals surface area contributed by atoms with Crippen molar-refractivity contribution in [3.8, 4) is 0 Å². The largest absolute Gasteiger partial charge is 0.385 e. The molecule has 0 aliphatic carbocycles. The Bertz CT molecular complexity index is 522. The molecule has 1 unspecified atom stereocenters. The molecule has 0 fully saturated rings. The molecular formula is C12H11F2N3O. The average Bonchev–Trinajstić information content (AvgIpc) is 2.56. The SMILES string of the molecule is C=CCN1C(=O)N=C(N)C1c1c(F)cccc1F. The van der Waals surface area contributed by atoms with Gasteiger partial charge in [-0.15, -0.1) is 6.58 Å². The summed E-state index contributed by atoms with van der Waals surface area (Å²) in [5.74, 6) is -1.64. The zero-order valence-electron chi connectivity index (χ0n) is 9.44. The van der Waals surface area contributed by atoms with E-state index in [1.165, 1.54) is 12.1 Å². The monoisotopic (exact) mass is 251 g/mol. The van der Waals surface area contributed by atoms with E-state index in [4.69, 9.17) is 5.73 Å². The maximum absolute atomic E-state index is 13.7. The van der Waals surface area contributed by atoms with Crippen molar-refractivity contribution >= 4 is 11.9 Å². The molecule has 0 aromatic heterocycles. The van der Waals surface area contributed by atoms with Crippen molar-refractivity contribution < 1.29 is 13.6 Å². The number of amidine groups is 1. The quantitative estimate of drug-likeness (QED) is 0.835. The van der Waals surface area contributed by atoms with Gasteiger partial charge in [0.25, 0.3) is 0 Å².